The maximum Gasteiger partial charge on any atom is 0.269 e. The lowest BCUT2D eigenvalue weighted by molar-refractivity contribution is -0.115. The van der Waals surface area contributed by atoms with Crippen LogP contribution in [0.25, 0.3) is 5.70 Å². The standard InChI is InChI=1S/C22H26N4O2/c1-14(27)15-9-11-17(12-10-15)25-26(4)20(21(23)28)19-18-8-6-5-7-16(18)13-22(2,3)24-19/h5-12,24-25H,13H2,1-4H3,(H2,23,28)/b20-19+. The van der Waals surface area contributed by atoms with Gasteiger partial charge in [0.05, 0.1) is 11.4 Å². The summed E-state index contributed by atoms with van der Waals surface area (Å²) in [5, 5.41) is 5.09. The molecule has 0 radical (unpaired) electrons. The van der Waals surface area contributed by atoms with E-state index in [2.05, 4.69) is 30.7 Å². The third-order valence-electron chi connectivity index (χ3n) is 4.78. The van der Waals surface area contributed by atoms with Crippen LogP contribution in [-0.4, -0.2) is 29.3 Å². The zero-order valence-corrected chi connectivity index (χ0v) is 16.7. The van der Waals surface area contributed by atoms with Gasteiger partial charge in [-0.15, -0.1) is 0 Å². The van der Waals surface area contributed by atoms with Crippen molar-refractivity contribution in [1.82, 2.24) is 10.3 Å². The summed E-state index contributed by atoms with van der Waals surface area (Å²) in [7, 11) is 1.75. The third-order valence-corrected chi connectivity index (χ3v) is 4.78. The first-order valence-electron chi connectivity index (χ1n) is 9.20. The largest absolute Gasteiger partial charge is 0.377 e. The lowest BCUT2D eigenvalue weighted by atomic mass is 9.85. The number of nitrogens with zero attached hydrogens (tertiary/aromatic N) is 1. The van der Waals surface area contributed by atoms with Crippen LogP contribution in [0.15, 0.2) is 54.2 Å². The van der Waals surface area contributed by atoms with Crippen molar-refractivity contribution in [3.05, 3.63) is 70.9 Å². The highest BCUT2D eigenvalue weighted by molar-refractivity contribution is 6.00. The Morgan fingerprint density at radius 1 is 1.11 bits per heavy atom. The topological polar surface area (TPSA) is 87.5 Å². The second kappa shape index (κ2) is 7.38. The number of nitrogens with one attached hydrogen (secondary N) is 2. The van der Waals surface area contributed by atoms with Crippen molar-refractivity contribution in [2.24, 2.45) is 5.73 Å². The van der Waals surface area contributed by atoms with E-state index < -0.39 is 5.91 Å². The number of nitrogens with two attached hydrogens (primary N) is 1. The molecule has 2 aromatic carbocycles. The summed E-state index contributed by atoms with van der Waals surface area (Å²) < 4.78 is 0. The molecule has 2 aromatic rings. The fourth-order valence-electron chi connectivity index (χ4n) is 3.52. The molecule has 1 aliphatic rings. The van der Waals surface area contributed by atoms with Gasteiger partial charge >= 0.3 is 0 Å². The van der Waals surface area contributed by atoms with E-state index in [4.69, 9.17) is 5.73 Å². The Morgan fingerprint density at radius 2 is 1.75 bits per heavy atom. The van der Waals surface area contributed by atoms with Crippen LogP contribution in [0.5, 0.6) is 0 Å². The van der Waals surface area contributed by atoms with E-state index in [-0.39, 0.29) is 11.3 Å². The lowest BCUT2D eigenvalue weighted by Gasteiger charge is -2.38. The van der Waals surface area contributed by atoms with E-state index in [0.717, 1.165) is 17.7 Å². The van der Waals surface area contributed by atoms with E-state index in [0.29, 0.717) is 17.0 Å². The van der Waals surface area contributed by atoms with Gasteiger partial charge in [-0.25, -0.2) is 0 Å². The SMILES string of the molecule is CC(=O)c1ccc(NN(C)/C(C(N)=O)=C2/NC(C)(C)Cc3ccccc32)cc1. The first-order chi connectivity index (χ1) is 13.2. The number of ketones is 1. The zero-order valence-electron chi connectivity index (χ0n) is 16.7. The van der Waals surface area contributed by atoms with Gasteiger partial charge in [-0.2, -0.15) is 0 Å². The zero-order chi connectivity index (χ0) is 20.5. The molecule has 0 fully saturated rings. The molecule has 0 spiro atoms. The van der Waals surface area contributed by atoms with E-state index in [1.807, 2.05) is 18.2 Å². The van der Waals surface area contributed by atoms with Crippen molar-refractivity contribution in [3.8, 4) is 0 Å². The molecule has 0 unspecified atom stereocenters. The molecule has 3 rings (SSSR count). The number of benzene rings is 2. The van der Waals surface area contributed by atoms with Crippen LogP contribution in [0.2, 0.25) is 0 Å². The van der Waals surface area contributed by atoms with E-state index in [1.165, 1.54) is 12.5 Å². The Hall–Kier alpha value is -3.28. The van der Waals surface area contributed by atoms with E-state index >= 15 is 0 Å². The third kappa shape index (κ3) is 4.01. The molecule has 0 atom stereocenters. The van der Waals surface area contributed by atoms with Crippen LogP contribution in [-0.2, 0) is 11.2 Å². The number of Topliss-reactive ketones (excluding diaryl/α,β-unsaturated/α-hetero) is 1. The molecular weight excluding hydrogens is 352 g/mol. The smallest absolute Gasteiger partial charge is 0.269 e. The highest BCUT2D eigenvalue weighted by Gasteiger charge is 2.31. The number of hydrazine groups is 1. The molecule has 6 nitrogen and oxygen atoms in total. The van der Waals surface area contributed by atoms with E-state index in [9.17, 15) is 9.59 Å². The minimum atomic E-state index is -0.537. The summed E-state index contributed by atoms with van der Waals surface area (Å²) in [6, 6.07) is 15.1. The second-order valence-electron chi connectivity index (χ2n) is 7.74. The Morgan fingerprint density at radius 3 is 2.36 bits per heavy atom. The molecule has 0 bridgehead atoms. The van der Waals surface area contributed by atoms with Gasteiger partial charge in [-0.05, 0) is 57.0 Å². The molecule has 146 valence electrons. The summed E-state index contributed by atoms with van der Waals surface area (Å²) in [5.74, 6) is -0.532. The molecule has 0 aromatic heterocycles. The Bertz CT molecular complexity index is 945. The van der Waals surface area contributed by atoms with Gasteiger partial charge < -0.3 is 11.1 Å². The number of rotatable bonds is 5. The number of hydrogen-bond donors (Lipinski definition) is 3. The molecule has 1 amide bonds. The molecule has 0 saturated heterocycles. The van der Waals surface area contributed by atoms with Gasteiger partial charge in [0.25, 0.3) is 5.91 Å². The predicted octanol–water partition coefficient (Wildman–Crippen LogP) is 2.93. The minimum Gasteiger partial charge on any atom is -0.377 e. The summed E-state index contributed by atoms with van der Waals surface area (Å²) >= 11 is 0. The average molecular weight is 378 g/mol. The van der Waals surface area contributed by atoms with Gasteiger partial charge in [0.1, 0.15) is 5.70 Å². The number of likely N-dealkylation sites (N-methyl/N-ethyl adjacent to an activating group) is 1. The van der Waals surface area contributed by atoms with Gasteiger partial charge in [-0.1, -0.05) is 24.3 Å². The summed E-state index contributed by atoms with van der Waals surface area (Å²) in [6.07, 6.45) is 0.850. The second-order valence-corrected chi connectivity index (χ2v) is 7.74. The van der Waals surface area contributed by atoms with Crippen LogP contribution in [0.4, 0.5) is 5.69 Å². The van der Waals surface area contributed by atoms with Gasteiger partial charge in [0.2, 0.25) is 0 Å². The van der Waals surface area contributed by atoms with Crippen LogP contribution in [0.3, 0.4) is 0 Å². The first kappa shape index (κ1) is 19.5. The normalized spacial score (nSPS) is 16.4. The number of primary amides is 1. The molecule has 28 heavy (non-hydrogen) atoms. The van der Waals surface area contributed by atoms with Crippen LogP contribution < -0.4 is 16.5 Å². The van der Waals surface area contributed by atoms with Crippen molar-refractivity contribution in [3.63, 3.8) is 0 Å². The van der Waals surface area contributed by atoms with Crippen molar-refractivity contribution in [2.45, 2.75) is 32.7 Å². The Labute approximate surface area is 165 Å². The van der Waals surface area contributed by atoms with Gasteiger partial charge in [0, 0.05) is 23.7 Å². The number of hydrogen-bond acceptors (Lipinski definition) is 5. The van der Waals surface area contributed by atoms with Crippen molar-refractivity contribution < 1.29 is 9.59 Å². The number of carbonyl (C=O) groups is 2. The fraction of sp³-hybridized carbons (Fsp3) is 0.273. The summed E-state index contributed by atoms with van der Waals surface area (Å²) in [6.45, 7) is 5.71. The molecule has 1 heterocycles. The number of amides is 1. The van der Waals surface area contributed by atoms with E-state index in [1.54, 1.807) is 36.3 Å². The molecule has 0 saturated carbocycles. The monoisotopic (exact) mass is 378 g/mol. The number of anilines is 1. The summed E-state index contributed by atoms with van der Waals surface area (Å²) in [5.41, 5.74) is 13.3. The summed E-state index contributed by atoms with van der Waals surface area (Å²) in [4.78, 5) is 23.8. The number of carbonyl (C=O) groups excluding carboxylic acids is 2. The van der Waals surface area contributed by atoms with Crippen molar-refractivity contribution in [1.29, 1.82) is 0 Å². The lowest BCUT2D eigenvalue weighted by Crippen LogP contribution is -2.46. The highest BCUT2D eigenvalue weighted by atomic mass is 16.1. The quantitative estimate of drug-likeness (QED) is 0.423. The Kier molecular flexibility index (Phi) is 5.14. The molecule has 1 aliphatic heterocycles. The van der Waals surface area contributed by atoms with Crippen molar-refractivity contribution >= 4 is 23.1 Å². The molecule has 6 heteroatoms. The first-order valence-corrected chi connectivity index (χ1v) is 9.20. The van der Waals surface area contributed by atoms with Crippen molar-refractivity contribution in [2.75, 3.05) is 12.5 Å². The van der Waals surface area contributed by atoms with Crippen LogP contribution in [0.1, 0.15) is 42.3 Å². The minimum absolute atomic E-state index is 0.00471. The average Bonchev–Trinajstić information content (AvgIpc) is 2.61. The fourth-order valence-corrected chi connectivity index (χ4v) is 3.52. The number of fused-ring (bicyclic) bond motifs is 1. The predicted molar refractivity (Wildman–Crippen MR) is 111 cm³/mol. The maximum absolute atomic E-state index is 12.4. The highest BCUT2D eigenvalue weighted by Crippen LogP contribution is 2.32. The van der Waals surface area contributed by atoms with Crippen LogP contribution >= 0.6 is 0 Å². The van der Waals surface area contributed by atoms with Crippen LogP contribution in [0, 0.1) is 0 Å². The molecule has 4 N–H and O–H groups in total. The molecular formula is C22H26N4O2. The maximum atomic E-state index is 12.4. The van der Waals surface area contributed by atoms with Gasteiger partial charge in [-0.3, -0.25) is 20.0 Å². The molecule has 0 aliphatic carbocycles. The Balaban J connectivity index is 2.00. The van der Waals surface area contributed by atoms with Gasteiger partial charge in [0.15, 0.2) is 5.78 Å².